The van der Waals surface area contributed by atoms with Gasteiger partial charge in [-0.2, -0.15) is 0 Å². The van der Waals surface area contributed by atoms with Gasteiger partial charge in [0.05, 0.1) is 19.3 Å². The lowest BCUT2D eigenvalue weighted by Gasteiger charge is -2.09. The lowest BCUT2D eigenvalue weighted by Crippen LogP contribution is -2.28. The van der Waals surface area contributed by atoms with Gasteiger partial charge in [-0.05, 0) is 52.9 Å². The van der Waals surface area contributed by atoms with Crippen molar-refractivity contribution < 1.29 is 14.3 Å². The molecule has 3 aromatic rings. The first kappa shape index (κ1) is 16.4. The predicted molar refractivity (Wildman–Crippen MR) is 90.0 cm³/mol. The lowest BCUT2D eigenvalue weighted by atomic mass is 10.2. The largest absolute Gasteiger partial charge is 0.497 e. The summed E-state index contributed by atoms with van der Waals surface area (Å²) in [6.07, 6.45) is 1.47. The number of ether oxygens (including phenoxy) is 2. The van der Waals surface area contributed by atoms with Crippen LogP contribution in [0.25, 0.3) is 5.69 Å². The highest BCUT2D eigenvalue weighted by atomic mass is 16.5. The molecule has 3 rings (SSSR count). The second-order valence-electron chi connectivity index (χ2n) is 5.08. The van der Waals surface area contributed by atoms with Gasteiger partial charge in [0.1, 0.15) is 24.4 Å². The molecule has 1 heterocycles. The summed E-state index contributed by atoms with van der Waals surface area (Å²) in [5, 5.41) is 13.8. The maximum absolute atomic E-state index is 12.2. The molecule has 0 saturated carbocycles. The zero-order chi connectivity index (χ0) is 17.5. The van der Waals surface area contributed by atoms with E-state index in [4.69, 9.17) is 9.47 Å². The number of benzene rings is 2. The van der Waals surface area contributed by atoms with E-state index in [1.807, 2.05) is 30.3 Å². The SMILES string of the molecule is COc1ccc(OCCNC(=O)c2cccc(-n3cnnn3)c2)cc1. The molecule has 1 aromatic heterocycles. The minimum Gasteiger partial charge on any atom is -0.497 e. The van der Waals surface area contributed by atoms with Gasteiger partial charge in [0, 0.05) is 5.56 Å². The molecule has 0 aliphatic heterocycles. The first-order valence-electron chi connectivity index (χ1n) is 7.65. The van der Waals surface area contributed by atoms with Gasteiger partial charge >= 0.3 is 0 Å². The van der Waals surface area contributed by atoms with Crippen LogP contribution in [-0.4, -0.2) is 46.4 Å². The van der Waals surface area contributed by atoms with Crippen molar-refractivity contribution in [3.05, 3.63) is 60.4 Å². The monoisotopic (exact) mass is 339 g/mol. The van der Waals surface area contributed by atoms with E-state index in [0.29, 0.717) is 24.4 Å². The highest BCUT2D eigenvalue weighted by Gasteiger charge is 2.07. The Morgan fingerprint density at radius 3 is 2.68 bits per heavy atom. The first-order chi connectivity index (χ1) is 12.3. The summed E-state index contributed by atoms with van der Waals surface area (Å²) >= 11 is 0. The van der Waals surface area contributed by atoms with E-state index in [2.05, 4.69) is 20.8 Å². The van der Waals surface area contributed by atoms with Gasteiger partial charge in [0.15, 0.2) is 0 Å². The van der Waals surface area contributed by atoms with Crippen molar-refractivity contribution in [3.8, 4) is 17.2 Å². The Morgan fingerprint density at radius 2 is 1.96 bits per heavy atom. The maximum atomic E-state index is 12.2. The molecule has 1 N–H and O–H groups in total. The van der Waals surface area contributed by atoms with Crippen LogP contribution >= 0.6 is 0 Å². The Balaban J connectivity index is 1.50. The van der Waals surface area contributed by atoms with E-state index >= 15 is 0 Å². The number of amides is 1. The molecule has 0 unspecified atom stereocenters. The topological polar surface area (TPSA) is 91.2 Å². The fraction of sp³-hybridized carbons (Fsp3) is 0.176. The fourth-order valence-electron chi connectivity index (χ4n) is 2.18. The van der Waals surface area contributed by atoms with Crippen LogP contribution in [0.4, 0.5) is 0 Å². The molecule has 8 nitrogen and oxygen atoms in total. The van der Waals surface area contributed by atoms with Gasteiger partial charge in [0.2, 0.25) is 0 Å². The Kier molecular flexibility index (Phi) is 5.20. The Morgan fingerprint density at radius 1 is 1.16 bits per heavy atom. The minimum atomic E-state index is -0.187. The summed E-state index contributed by atoms with van der Waals surface area (Å²) < 4.78 is 12.1. The number of nitrogens with one attached hydrogen (secondary N) is 1. The number of rotatable bonds is 7. The number of carbonyl (C=O) groups is 1. The van der Waals surface area contributed by atoms with Crippen LogP contribution in [0.15, 0.2) is 54.9 Å². The third-order valence-corrected chi connectivity index (χ3v) is 3.44. The van der Waals surface area contributed by atoms with E-state index in [1.165, 1.54) is 11.0 Å². The van der Waals surface area contributed by atoms with Crippen molar-refractivity contribution in [2.75, 3.05) is 20.3 Å². The van der Waals surface area contributed by atoms with E-state index in [-0.39, 0.29) is 5.91 Å². The summed E-state index contributed by atoms with van der Waals surface area (Å²) in [5.41, 5.74) is 1.24. The molecular weight excluding hydrogens is 322 g/mol. The van der Waals surface area contributed by atoms with Crippen molar-refractivity contribution >= 4 is 5.91 Å². The summed E-state index contributed by atoms with van der Waals surface area (Å²) in [6.45, 7) is 0.755. The van der Waals surface area contributed by atoms with E-state index < -0.39 is 0 Å². The number of aromatic nitrogens is 4. The van der Waals surface area contributed by atoms with Crippen LogP contribution in [0.5, 0.6) is 11.5 Å². The normalized spacial score (nSPS) is 10.3. The number of nitrogens with zero attached hydrogens (tertiary/aromatic N) is 4. The molecule has 25 heavy (non-hydrogen) atoms. The molecule has 128 valence electrons. The third-order valence-electron chi connectivity index (χ3n) is 3.44. The van der Waals surface area contributed by atoms with Gasteiger partial charge in [-0.1, -0.05) is 6.07 Å². The third kappa shape index (κ3) is 4.31. The number of hydrogen-bond acceptors (Lipinski definition) is 6. The molecule has 8 heteroatoms. The molecule has 0 radical (unpaired) electrons. The van der Waals surface area contributed by atoms with E-state index in [0.717, 1.165) is 11.5 Å². The van der Waals surface area contributed by atoms with Crippen molar-refractivity contribution in [1.29, 1.82) is 0 Å². The van der Waals surface area contributed by atoms with Crippen LogP contribution in [0, 0.1) is 0 Å². The summed E-state index contributed by atoms with van der Waals surface area (Å²) in [4.78, 5) is 12.2. The van der Waals surface area contributed by atoms with Crippen molar-refractivity contribution in [3.63, 3.8) is 0 Å². The minimum absolute atomic E-state index is 0.187. The molecule has 0 fully saturated rings. The zero-order valence-electron chi connectivity index (χ0n) is 13.6. The summed E-state index contributed by atoms with van der Waals surface area (Å²) in [5.74, 6) is 1.30. The van der Waals surface area contributed by atoms with Crippen LogP contribution in [0.3, 0.4) is 0 Å². The highest BCUT2D eigenvalue weighted by Crippen LogP contribution is 2.16. The number of tetrazole rings is 1. The van der Waals surface area contributed by atoms with Gasteiger partial charge < -0.3 is 14.8 Å². The van der Waals surface area contributed by atoms with Crippen molar-refractivity contribution in [2.45, 2.75) is 0 Å². The molecule has 0 spiro atoms. The molecular formula is C17H17N5O3. The quantitative estimate of drug-likeness (QED) is 0.656. The summed E-state index contributed by atoms with van der Waals surface area (Å²) in [7, 11) is 1.61. The Bertz CT molecular complexity index is 819. The van der Waals surface area contributed by atoms with Crippen LogP contribution in [0.1, 0.15) is 10.4 Å². The molecule has 0 bridgehead atoms. The standard InChI is InChI=1S/C17H17N5O3/c1-24-15-5-7-16(8-6-15)25-10-9-18-17(23)13-3-2-4-14(11-13)22-12-19-20-21-22/h2-8,11-12H,9-10H2,1H3,(H,18,23). The van der Waals surface area contributed by atoms with Gasteiger partial charge in [-0.3, -0.25) is 4.79 Å². The lowest BCUT2D eigenvalue weighted by molar-refractivity contribution is 0.0947. The molecule has 0 saturated heterocycles. The first-order valence-corrected chi connectivity index (χ1v) is 7.65. The molecule has 0 aliphatic carbocycles. The Hall–Kier alpha value is -3.42. The Labute approximate surface area is 144 Å². The molecule has 0 aliphatic rings. The van der Waals surface area contributed by atoms with Gasteiger partial charge in [0.25, 0.3) is 5.91 Å². The average Bonchev–Trinajstić information content (AvgIpc) is 3.20. The zero-order valence-corrected chi connectivity index (χ0v) is 13.6. The second kappa shape index (κ2) is 7.91. The molecule has 2 aromatic carbocycles. The number of hydrogen-bond donors (Lipinski definition) is 1. The summed E-state index contributed by atoms with van der Waals surface area (Å²) in [6, 6.07) is 14.3. The van der Waals surface area contributed by atoms with Gasteiger partial charge in [-0.25, -0.2) is 4.68 Å². The maximum Gasteiger partial charge on any atom is 0.251 e. The molecule has 1 amide bonds. The highest BCUT2D eigenvalue weighted by molar-refractivity contribution is 5.94. The van der Waals surface area contributed by atoms with E-state index in [1.54, 1.807) is 25.3 Å². The number of carbonyl (C=O) groups excluding carboxylic acids is 1. The fourth-order valence-corrected chi connectivity index (χ4v) is 2.18. The van der Waals surface area contributed by atoms with Gasteiger partial charge in [-0.15, -0.1) is 5.10 Å². The van der Waals surface area contributed by atoms with Crippen LogP contribution in [-0.2, 0) is 0 Å². The van der Waals surface area contributed by atoms with E-state index in [9.17, 15) is 4.79 Å². The van der Waals surface area contributed by atoms with Crippen molar-refractivity contribution in [2.24, 2.45) is 0 Å². The van der Waals surface area contributed by atoms with Crippen molar-refractivity contribution in [1.82, 2.24) is 25.5 Å². The smallest absolute Gasteiger partial charge is 0.251 e. The molecule has 0 atom stereocenters. The predicted octanol–water partition coefficient (Wildman–Crippen LogP) is 1.48. The second-order valence-corrected chi connectivity index (χ2v) is 5.08. The average molecular weight is 339 g/mol. The van der Waals surface area contributed by atoms with Crippen LogP contribution in [0.2, 0.25) is 0 Å². The van der Waals surface area contributed by atoms with Crippen LogP contribution < -0.4 is 14.8 Å². The number of methoxy groups -OCH3 is 1.